The second kappa shape index (κ2) is 9.28. The number of carbonyl (C=O) groups excluding carboxylic acids is 1. The predicted molar refractivity (Wildman–Crippen MR) is 88.7 cm³/mol. The number of hydrogen-bond acceptors (Lipinski definition) is 4. The van der Waals surface area contributed by atoms with Gasteiger partial charge in [-0.15, -0.1) is 0 Å². The number of hydrogen-bond donors (Lipinski definition) is 1. The summed E-state index contributed by atoms with van der Waals surface area (Å²) < 4.78 is 5.71. The molecule has 1 saturated heterocycles. The summed E-state index contributed by atoms with van der Waals surface area (Å²) in [6.07, 6.45) is 8.05. The van der Waals surface area contributed by atoms with Crippen molar-refractivity contribution in [3.63, 3.8) is 0 Å². The fraction of sp³-hybridized carbons (Fsp3) is 0.824. The summed E-state index contributed by atoms with van der Waals surface area (Å²) in [5.41, 5.74) is 1.23. The number of amides is 1. The van der Waals surface area contributed by atoms with Crippen LogP contribution in [0, 0.1) is 0 Å². The van der Waals surface area contributed by atoms with Crippen LogP contribution in [0.1, 0.15) is 39.0 Å². The van der Waals surface area contributed by atoms with Crippen LogP contribution in [0.2, 0.25) is 0 Å². The Morgan fingerprint density at radius 3 is 3.05 bits per heavy atom. The molecule has 5 heteroatoms. The van der Waals surface area contributed by atoms with Gasteiger partial charge in [0.25, 0.3) is 0 Å². The number of ether oxygens (including phenoxy) is 1. The normalized spacial score (nSPS) is 23.2. The van der Waals surface area contributed by atoms with Gasteiger partial charge in [-0.3, -0.25) is 4.79 Å². The van der Waals surface area contributed by atoms with Gasteiger partial charge in [-0.05, 0) is 39.2 Å². The van der Waals surface area contributed by atoms with E-state index in [-0.39, 0.29) is 12.0 Å². The van der Waals surface area contributed by atoms with Gasteiger partial charge in [-0.1, -0.05) is 13.0 Å². The van der Waals surface area contributed by atoms with Crippen molar-refractivity contribution in [2.24, 2.45) is 0 Å². The van der Waals surface area contributed by atoms with E-state index >= 15 is 0 Å². The highest BCUT2D eigenvalue weighted by molar-refractivity contribution is 5.80. The minimum Gasteiger partial charge on any atom is -0.374 e. The van der Waals surface area contributed by atoms with E-state index in [0.29, 0.717) is 6.54 Å². The number of allylic oxidation sites excluding steroid dienone is 2. The van der Waals surface area contributed by atoms with Crippen LogP contribution in [-0.4, -0.2) is 68.2 Å². The quantitative estimate of drug-likeness (QED) is 0.776. The SMILES string of the molecule is CCCN(C(=O)CNCC1CN(C)CCO1)C1=CCCCC1. The Hall–Kier alpha value is -0.910. The number of nitrogens with zero attached hydrogens (tertiary/aromatic N) is 2. The van der Waals surface area contributed by atoms with Gasteiger partial charge in [0.05, 0.1) is 19.3 Å². The number of morpholine rings is 1. The molecule has 1 aliphatic heterocycles. The van der Waals surface area contributed by atoms with Gasteiger partial charge in [-0.25, -0.2) is 0 Å². The van der Waals surface area contributed by atoms with Crippen molar-refractivity contribution >= 4 is 5.91 Å². The molecular formula is C17H31N3O2. The number of likely N-dealkylation sites (N-methyl/N-ethyl adjacent to an activating group) is 1. The van der Waals surface area contributed by atoms with Crippen molar-refractivity contribution in [3.05, 3.63) is 11.8 Å². The molecule has 1 fully saturated rings. The molecule has 1 heterocycles. The molecule has 0 aromatic rings. The molecule has 1 unspecified atom stereocenters. The lowest BCUT2D eigenvalue weighted by molar-refractivity contribution is -0.128. The van der Waals surface area contributed by atoms with Gasteiger partial charge in [0.2, 0.25) is 5.91 Å². The highest BCUT2D eigenvalue weighted by atomic mass is 16.5. The molecule has 1 N–H and O–H groups in total. The zero-order valence-corrected chi connectivity index (χ0v) is 14.1. The second-order valence-corrected chi connectivity index (χ2v) is 6.37. The van der Waals surface area contributed by atoms with Crippen LogP contribution in [-0.2, 0) is 9.53 Å². The third-order valence-corrected chi connectivity index (χ3v) is 4.35. The van der Waals surface area contributed by atoms with E-state index < -0.39 is 0 Å². The number of nitrogens with one attached hydrogen (secondary N) is 1. The molecule has 126 valence electrons. The summed E-state index contributed by atoms with van der Waals surface area (Å²) >= 11 is 0. The number of carbonyl (C=O) groups is 1. The molecule has 22 heavy (non-hydrogen) atoms. The van der Waals surface area contributed by atoms with E-state index in [4.69, 9.17) is 4.74 Å². The van der Waals surface area contributed by atoms with Crippen LogP contribution in [0.3, 0.4) is 0 Å². The third kappa shape index (κ3) is 5.38. The minimum absolute atomic E-state index is 0.194. The largest absolute Gasteiger partial charge is 0.374 e. The third-order valence-electron chi connectivity index (χ3n) is 4.35. The van der Waals surface area contributed by atoms with Crippen molar-refractivity contribution in [3.8, 4) is 0 Å². The average Bonchev–Trinajstić information content (AvgIpc) is 2.53. The van der Waals surface area contributed by atoms with Crippen LogP contribution < -0.4 is 5.32 Å². The van der Waals surface area contributed by atoms with Crippen LogP contribution in [0.4, 0.5) is 0 Å². The standard InChI is InChI=1S/C17H31N3O2/c1-3-9-20(15-7-5-4-6-8-15)17(21)13-18-12-16-14-19(2)10-11-22-16/h7,16,18H,3-6,8-14H2,1-2H3. The van der Waals surface area contributed by atoms with Crippen molar-refractivity contribution in [1.82, 2.24) is 15.1 Å². The van der Waals surface area contributed by atoms with Gasteiger partial charge in [0.15, 0.2) is 0 Å². The summed E-state index contributed by atoms with van der Waals surface area (Å²) in [5.74, 6) is 0.194. The van der Waals surface area contributed by atoms with Gasteiger partial charge >= 0.3 is 0 Å². The molecule has 2 aliphatic rings. The Labute approximate surface area is 134 Å². The lowest BCUT2D eigenvalue weighted by Crippen LogP contribution is -2.47. The zero-order valence-electron chi connectivity index (χ0n) is 14.1. The minimum atomic E-state index is 0.194. The molecule has 0 saturated carbocycles. The molecule has 0 spiro atoms. The van der Waals surface area contributed by atoms with Crippen molar-refractivity contribution in [2.75, 3.05) is 46.4 Å². The maximum absolute atomic E-state index is 12.5. The van der Waals surface area contributed by atoms with E-state index in [1.165, 1.54) is 18.5 Å². The zero-order chi connectivity index (χ0) is 15.8. The maximum atomic E-state index is 12.5. The molecule has 5 nitrogen and oxygen atoms in total. The summed E-state index contributed by atoms with van der Waals surface area (Å²) in [4.78, 5) is 16.8. The predicted octanol–water partition coefficient (Wildman–Crippen LogP) is 1.60. The van der Waals surface area contributed by atoms with Gasteiger partial charge in [0, 0.05) is 31.9 Å². The lowest BCUT2D eigenvalue weighted by Gasteiger charge is -2.31. The lowest BCUT2D eigenvalue weighted by atomic mass is 10.0. The Morgan fingerprint density at radius 1 is 1.50 bits per heavy atom. The highest BCUT2D eigenvalue weighted by Gasteiger charge is 2.20. The van der Waals surface area contributed by atoms with Crippen molar-refractivity contribution in [2.45, 2.75) is 45.1 Å². The molecule has 1 amide bonds. The van der Waals surface area contributed by atoms with Crippen LogP contribution >= 0.6 is 0 Å². The second-order valence-electron chi connectivity index (χ2n) is 6.37. The van der Waals surface area contributed by atoms with Crippen LogP contribution in [0.5, 0.6) is 0 Å². The van der Waals surface area contributed by atoms with E-state index in [0.717, 1.165) is 52.0 Å². The molecule has 0 aromatic carbocycles. The Balaban J connectivity index is 1.77. The first-order chi connectivity index (χ1) is 10.7. The first kappa shape index (κ1) is 17.4. The smallest absolute Gasteiger partial charge is 0.240 e. The molecule has 0 bridgehead atoms. The maximum Gasteiger partial charge on any atom is 0.240 e. The van der Waals surface area contributed by atoms with E-state index in [1.807, 2.05) is 4.90 Å². The fourth-order valence-electron chi connectivity index (χ4n) is 3.14. The molecule has 0 radical (unpaired) electrons. The monoisotopic (exact) mass is 309 g/mol. The summed E-state index contributed by atoms with van der Waals surface area (Å²) in [7, 11) is 2.11. The number of rotatable bonds is 7. The molecule has 2 rings (SSSR count). The summed E-state index contributed by atoms with van der Waals surface area (Å²) in [5, 5.41) is 3.28. The van der Waals surface area contributed by atoms with Crippen molar-refractivity contribution in [1.29, 1.82) is 0 Å². The van der Waals surface area contributed by atoms with Crippen LogP contribution in [0.25, 0.3) is 0 Å². The topological polar surface area (TPSA) is 44.8 Å². The van der Waals surface area contributed by atoms with Gasteiger partial charge in [-0.2, -0.15) is 0 Å². The highest BCUT2D eigenvalue weighted by Crippen LogP contribution is 2.21. The summed E-state index contributed by atoms with van der Waals surface area (Å²) in [6.45, 7) is 6.82. The Morgan fingerprint density at radius 2 is 2.36 bits per heavy atom. The van der Waals surface area contributed by atoms with E-state index in [2.05, 4.69) is 30.3 Å². The first-order valence-corrected chi connectivity index (χ1v) is 8.71. The summed E-state index contributed by atoms with van der Waals surface area (Å²) in [6, 6.07) is 0. The van der Waals surface area contributed by atoms with E-state index in [9.17, 15) is 4.79 Å². The Bertz CT molecular complexity index is 384. The van der Waals surface area contributed by atoms with Gasteiger partial charge in [0.1, 0.15) is 0 Å². The first-order valence-electron chi connectivity index (χ1n) is 8.71. The molecule has 0 aromatic heterocycles. The Kier molecular flexibility index (Phi) is 7.36. The van der Waals surface area contributed by atoms with Crippen LogP contribution in [0.15, 0.2) is 11.8 Å². The van der Waals surface area contributed by atoms with Gasteiger partial charge < -0.3 is 19.9 Å². The molecule has 1 aliphatic carbocycles. The molecule has 1 atom stereocenters. The fourth-order valence-corrected chi connectivity index (χ4v) is 3.14. The van der Waals surface area contributed by atoms with Crippen molar-refractivity contribution < 1.29 is 9.53 Å². The molecular weight excluding hydrogens is 278 g/mol. The average molecular weight is 309 g/mol. The van der Waals surface area contributed by atoms with E-state index in [1.54, 1.807) is 0 Å².